The van der Waals surface area contributed by atoms with Crippen molar-refractivity contribution in [2.75, 3.05) is 26.2 Å². The Morgan fingerprint density at radius 2 is 0.737 bits per heavy atom. The molecular formula is C16H36FN2. The third-order valence-electron chi connectivity index (χ3n) is 3.94. The molecule has 0 saturated heterocycles. The van der Waals surface area contributed by atoms with E-state index in [1.54, 1.807) is 0 Å². The largest absolute Gasteiger partial charge is 1.00 e. The molecule has 0 rings (SSSR count). The number of unbranched alkanes of at least 4 members (excludes halogenated alkanes) is 4. The molecule has 0 aliphatic rings. The van der Waals surface area contributed by atoms with Crippen molar-refractivity contribution in [3.8, 4) is 0 Å². The first kappa shape index (κ1) is 23.9. The first-order valence-electron chi connectivity index (χ1n) is 8.09. The Bertz CT molecular complexity index is 125. The number of hydrogen-bond acceptors (Lipinski definition) is 0. The van der Waals surface area contributed by atoms with Crippen LogP contribution < -0.4 is 10.9 Å². The van der Waals surface area contributed by atoms with Gasteiger partial charge >= 0.3 is 0 Å². The Morgan fingerprint density at radius 3 is 0.895 bits per heavy atom. The maximum Gasteiger partial charge on any atom is 0.0786 e. The van der Waals surface area contributed by atoms with Crippen molar-refractivity contribution in [3.05, 3.63) is 0 Å². The van der Waals surface area contributed by atoms with Crippen molar-refractivity contribution in [1.82, 2.24) is 6.15 Å². The average molecular weight is 275 g/mol. The van der Waals surface area contributed by atoms with Crippen LogP contribution in [0.1, 0.15) is 79.1 Å². The highest BCUT2D eigenvalue weighted by molar-refractivity contribution is 4.49. The maximum absolute atomic E-state index is 2.33. The Hall–Kier alpha value is -0.150. The van der Waals surface area contributed by atoms with Gasteiger partial charge in [-0.25, -0.2) is 0 Å². The molecule has 0 aliphatic heterocycles. The molecule has 0 bridgehead atoms. The molecule has 0 unspecified atom stereocenters. The van der Waals surface area contributed by atoms with Crippen LogP contribution in [0.4, 0.5) is 0 Å². The standard InChI is InChI=1S/C16H36N.FH.N/c1-5-9-13-17(14-10-6-2,15-11-7-3)16-12-8-4;;/h5-16H2,1-4H3;1H;/q+1;;/p-1. The van der Waals surface area contributed by atoms with Crippen LogP contribution in [-0.4, -0.2) is 30.7 Å². The van der Waals surface area contributed by atoms with Gasteiger partial charge in [-0.3, -0.25) is 0 Å². The lowest BCUT2D eigenvalue weighted by Crippen LogP contribution is -3.00. The summed E-state index contributed by atoms with van der Waals surface area (Å²) < 4.78 is 1.42. The Labute approximate surface area is 121 Å². The fraction of sp³-hybridized carbons (Fsp3) is 1.00. The fourth-order valence-corrected chi connectivity index (χ4v) is 2.64. The summed E-state index contributed by atoms with van der Waals surface area (Å²) in [4.78, 5) is 0. The van der Waals surface area contributed by atoms with Crippen LogP contribution in [0.2, 0.25) is 0 Å². The van der Waals surface area contributed by atoms with Gasteiger partial charge in [-0.15, -0.1) is 0 Å². The zero-order valence-electron chi connectivity index (χ0n) is 13.8. The van der Waals surface area contributed by atoms with Gasteiger partial charge in [0.25, 0.3) is 0 Å². The molecule has 2 nitrogen and oxygen atoms in total. The van der Waals surface area contributed by atoms with E-state index < -0.39 is 0 Å². The second kappa shape index (κ2) is 15.9. The molecule has 0 aliphatic carbocycles. The Morgan fingerprint density at radius 1 is 0.526 bits per heavy atom. The molecule has 117 valence electrons. The highest BCUT2D eigenvalue weighted by atomic mass is 19.0. The molecule has 0 aromatic rings. The lowest BCUT2D eigenvalue weighted by Gasteiger charge is -2.39. The van der Waals surface area contributed by atoms with Crippen LogP contribution in [0.25, 0.3) is 0 Å². The smallest absolute Gasteiger partial charge is 0.0786 e. The van der Waals surface area contributed by atoms with Gasteiger partial charge in [0.2, 0.25) is 0 Å². The molecule has 0 spiro atoms. The van der Waals surface area contributed by atoms with Crippen molar-refractivity contribution in [1.29, 1.82) is 0 Å². The van der Waals surface area contributed by atoms with Crippen molar-refractivity contribution < 1.29 is 9.19 Å². The molecule has 0 atom stereocenters. The summed E-state index contributed by atoms with van der Waals surface area (Å²) in [6, 6.07) is 0. The van der Waals surface area contributed by atoms with Crippen molar-refractivity contribution >= 4 is 0 Å². The van der Waals surface area contributed by atoms with Gasteiger partial charge in [0.15, 0.2) is 0 Å². The van der Waals surface area contributed by atoms with Crippen LogP contribution in [0.3, 0.4) is 0 Å². The van der Waals surface area contributed by atoms with E-state index in [0.29, 0.717) is 0 Å². The summed E-state index contributed by atoms with van der Waals surface area (Å²) in [5.41, 5.74) is 0. The van der Waals surface area contributed by atoms with Gasteiger partial charge < -0.3 is 9.19 Å². The molecule has 0 N–H and O–H groups in total. The van der Waals surface area contributed by atoms with Gasteiger partial charge in [-0.1, -0.05) is 53.4 Å². The highest BCUT2D eigenvalue weighted by Gasteiger charge is 2.24. The Balaban J connectivity index is -0.00000128. The predicted molar refractivity (Wildman–Crippen MR) is 81.5 cm³/mol. The minimum atomic E-state index is 0. The third-order valence-corrected chi connectivity index (χ3v) is 3.94. The van der Waals surface area contributed by atoms with Crippen molar-refractivity contribution in [3.63, 3.8) is 0 Å². The van der Waals surface area contributed by atoms with Gasteiger partial charge in [0.1, 0.15) is 0 Å². The summed E-state index contributed by atoms with van der Waals surface area (Å²) in [6.45, 7) is 15.0. The van der Waals surface area contributed by atoms with E-state index in [1.165, 1.54) is 82.0 Å². The molecule has 0 aromatic carbocycles. The lowest BCUT2D eigenvalue weighted by atomic mass is 10.1. The molecule has 0 fully saturated rings. The fourth-order valence-electron chi connectivity index (χ4n) is 2.64. The van der Waals surface area contributed by atoms with E-state index in [1.807, 2.05) is 0 Å². The van der Waals surface area contributed by atoms with E-state index in [0.717, 1.165) is 0 Å². The molecule has 0 amide bonds. The molecule has 3 radical (unpaired) electrons. The molecule has 19 heavy (non-hydrogen) atoms. The first-order valence-corrected chi connectivity index (χ1v) is 8.09. The lowest BCUT2D eigenvalue weighted by molar-refractivity contribution is -0.929. The van der Waals surface area contributed by atoms with Crippen LogP contribution >= 0.6 is 0 Å². The van der Waals surface area contributed by atoms with Crippen LogP contribution in [0.15, 0.2) is 0 Å². The zero-order valence-corrected chi connectivity index (χ0v) is 13.8. The number of quaternary nitrogens is 1. The predicted octanol–water partition coefficient (Wildman–Crippen LogP) is 1.53. The summed E-state index contributed by atoms with van der Waals surface area (Å²) in [6.07, 6.45) is 11.1. The summed E-state index contributed by atoms with van der Waals surface area (Å²) >= 11 is 0. The second-order valence-corrected chi connectivity index (χ2v) is 5.65. The molecule has 0 saturated carbocycles. The topological polar surface area (TPSA) is 30.5 Å². The minimum Gasteiger partial charge on any atom is -1.00 e. The molecule has 0 heterocycles. The van der Waals surface area contributed by atoms with Gasteiger partial charge in [0, 0.05) is 6.15 Å². The second-order valence-electron chi connectivity index (χ2n) is 5.65. The minimum absolute atomic E-state index is 0. The molecular weight excluding hydrogens is 239 g/mol. The third kappa shape index (κ3) is 11.4. The summed E-state index contributed by atoms with van der Waals surface area (Å²) in [7, 11) is 0. The first-order chi connectivity index (χ1) is 8.24. The Kier molecular flexibility index (Phi) is 20.0. The van der Waals surface area contributed by atoms with E-state index in [2.05, 4.69) is 27.7 Å². The van der Waals surface area contributed by atoms with Crippen molar-refractivity contribution in [2.45, 2.75) is 79.1 Å². The molecule has 0 aromatic heterocycles. The number of rotatable bonds is 12. The van der Waals surface area contributed by atoms with E-state index in [-0.39, 0.29) is 10.9 Å². The van der Waals surface area contributed by atoms with Crippen LogP contribution in [0.5, 0.6) is 0 Å². The van der Waals surface area contributed by atoms with Crippen LogP contribution in [-0.2, 0) is 0 Å². The van der Waals surface area contributed by atoms with E-state index in [4.69, 9.17) is 0 Å². The summed E-state index contributed by atoms with van der Waals surface area (Å²) in [5.74, 6) is 0. The molecule has 3 heteroatoms. The normalized spacial score (nSPS) is 10.7. The van der Waals surface area contributed by atoms with Gasteiger partial charge in [0.05, 0.1) is 26.2 Å². The maximum atomic E-state index is 2.33. The summed E-state index contributed by atoms with van der Waals surface area (Å²) in [5, 5.41) is 0. The zero-order chi connectivity index (χ0) is 13.0. The number of hydrogen-bond donors (Lipinski definition) is 0. The monoisotopic (exact) mass is 275 g/mol. The van der Waals surface area contributed by atoms with E-state index >= 15 is 0 Å². The average Bonchev–Trinajstić information content (AvgIpc) is 2.37. The SMILES string of the molecule is CCCC[N+](CCCC)(CCCC)CCCC.[F-].[N]. The highest BCUT2D eigenvalue weighted by Crippen LogP contribution is 2.16. The van der Waals surface area contributed by atoms with Crippen molar-refractivity contribution in [2.24, 2.45) is 0 Å². The quantitative estimate of drug-likeness (QED) is 0.484. The van der Waals surface area contributed by atoms with Gasteiger partial charge in [-0.05, 0) is 25.7 Å². The van der Waals surface area contributed by atoms with E-state index in [9.17, 15) is 0 Å². The van der Waals surface area contributed by atoms with Crippen LogP contribution in [0, 0.1) is 0 Å². The van der Waals surface area contributed by atoms with Gasteiger partial charge in [-0.2, -0.15) is 0 Å². The number of nitrogens with zero attached hydrogens (tertiary/aromatic N) is 2. The number of halogens is 1.